The number of para-hydroxylation sites is 2. The Hall–Kier alpha value is -2.53. The summed E-state index contributed by atoms with van der Waals surface area (Å²) in [7, 11) is 1.70. The second-order valence-corrected chi connectivity index (χ2v) is 7.24. The molecule has 1 aliphatic heterocycles. The van der Waals surface area contributed by atoms with Crippen molar-refractivity contribution in [2.24, 2.45) is 17.6 Å². The van der Waals surface area contributed by atoms with Crippen molar-refractivity contribution in [1.29, 1.82) is 0 Å². The standard InChI is InChI=1S/C22H29N3O2/c1-16(21(23)18-8-4-3-5-9-18)22(26)24-14-17-12-13-25(15-17)19-10-6-7-11-20(19)27-2/h3-11,16-17,21H,12-15,23H2,1-2H3,(H,24,26). The summed E-state index contributed by atoms with van der Waals surface area (Å²) < 4.78 is 5.47. The Kier molecular flexibility index (Phi) is 6.35. The Morgan fingerprint density at radius 1 is 1.22 bits per heavy atom. The van der Waals surface area contributed by atoms with Crippen molar-refractivity contribution in [2.45, 2.75) is 19.4 Å². The minimum Gasteiger partial charge on any atom is -0.495 e. The lowest BCUT2D eigenvalue weighted by atomic mass is 9.94. The van der Waals surface area contributed by atoms with Crippen molar-refractivity contribution in [3.8, 4) is 5.75 Å². The van der Waals surface area contributed by atoms with Crippen molar-refractivity contribution in [3.63, 3.8) is 0 Å². The van der Waals surface area contributed by atoms with Gasteiger partial charge in [-0.2, -0.15) is 0 Å². The number of amides is 1. The molecule has 5 heteroatoms. The zero-order valence-electron chi connectivity index (χ0n) is 16.1. The third-order valence-electron chi connectivity index (χ3n) is 5.41. The molecule has 144 valence electrons. The highest BCUT2D eigenvalue weighted by atomic mass is 16.5. The lowest BCUT2D eigenvalue weighted by Gasteiger charge is -2.22. The van der Waals surface area contributed by atoms with Crippen LogP contribution in [0.2, 0.25) is 0 Å². The van der Waals surface area contributed by atoms with Crippen LogP contribution in [0.25, 0.3) is 0 Å². The van der Waals surface area contributed by atoms with E-state index in [4.69, 9.17) is 10.5 Å². The molecule has 1 aliphatic rings. The van der Waals surface area contributed by atoms with Crippen molar-refractivity contribution in [2.75, 3.05) is 31.6 Å². The van der Waals surface area contributed by atoms with Crippen LogP contribution in [0.15, 0.2) is 54.6 Å². The number of nitrogens with zero attached hydrogens (tertiary/aromatic N) is 1. The van der Waals surface area contributed by atoms with Gasteiger partial charge >= 0.3 is 0 Å². The molecule has 1 fully saturated rings. The van der Waals surface area contributed by atoms with E-state index in [-0.39, 0.29) is 17.9 Å². The van der Waals surface area contributed by atoms with Crippen LogP contribution in [0, 0.1) is 11.8 Å². The molecule has 2 aromatic rings. The van der Waals surface area contributed by atoms with Crippen molar-refractivity contribution < 1.29 is 9.53 Å². The Bertz CT molecular complexity index is 750. The molecule has 0 saturated carbocycles. The molecule has 1 amide bonds. The van der Waals surface area contributed by atoms with Gasteiger partial charge in [-0.15, -0.1) is 0 Å². The van der Waals surface area contributed by atoms with Crippen LogP contribution < -0.4 is 20.7 Å². The third kappa shape index (κ3) is 4.61. The highest BCUT2D eigenvalue weighted by Gasteiger charge is 2.27. The minimum absolute atomic E-state index is 0.0158. The monoisotopic (exact) mass is 367 g/mol. The Morgan fingerprint density at radius 2 is 1.93 bits per heavy atom. The highest BCUT2D eigenvalue weighted by molar-refractivity contribution is 5.79. The zero-order chi connectivity index (χ0) is 19.2. The van der Waals surface area contributed by atoms with E-state index in [0.717, 1.165) is 36.5 Å². The molecule has 0 radical (unpaired) electrons. The number of ether oxygens (including phenoxy) is 1. The summed E-state index contributed by atoms with van der Waals surface area (Å²) in [6, 6.07) is 17.6. The van der Waals surface area contributed by atoms with Gasteiger partial charge in [0.05, 0.1) is 18.7 Å². The molecule has 1 heterocycles. The fraction of sp³-hybridized carbons (Fsp3) is 0.409. The number of nitrogens with one attached hydrogen (secondary N) is 1. The van der Waals surface area contributed by atoms with Gasteiger partial charge in [0, 0.05) is 25.7 Å². The first kappa shape index (κ1) is 19.2. The maximum Gasteiger partial charge on any atom is 0.224 e. The summed E-state index contributed by atoms with van der Waals surface area (Å²) in [5, 5.41) is 3.10. The number of rotatable bonds is 7. The number of hydrogen-bond donors (Lipinski definition) is 2. The summed E-state index contributed by atoms with van der Waals surface area (Å²) in [6.07, 6.45) is 1.05. The van der Waals surface area contributed by atoms with Gasteiger partial charge in [-0.1, -0.05) is 49.4 Å². The van der Waals surface area contributed by atoms with Crippen LogP contribution in [0.3, 0.4) is 0 Å². The van der Waals surface area contributed by atoms with E-state index < -0.39 is 0 Å². The first-order chi connectivity index (χ1) is 13.1. The Labute approximate surface area is 161 Å². The number of carbonyl (C=O) groups excluding carboxylic acids is 1. The first-order valence-corrected chi connectivity index (χ1v) is 9.56. The summed E-state index contributed by atoms with van der Waals surface area (Å²) in [4.78, 5) is 14.9. The van der Waals surface area contributed by atoms with Crippen molar-refractivity contribution >= 4 is 11.6 Å². The van der Waals surface area contributed by atoms with E-state index in [0.29, 0.717) is 12.5 Å². The molecule has 0 spiro atoms. The predicted octanol–water partition coefficient (Wildman–Crippen LogP) is 2.97. The molecule has 0 aromatic heterocycles. The quantitative estimate of drug-likeness (QED) is 0.789. The molecular weight excluding hydrogens is 338 g/mol. The molecule has 0 bridgehead atoms. The number of hydrogen-bond acceptors (Lipinski definition) is 4. The first-order valence-electron chi connectivity index (χ1n) is 9.56. The molecule has 5 nitrogen and oxygen atoms in total. The number of methoxy groups -OCH3 is 1. The SMILES string of the molecule is COc1ccccc1N1CCC(CNC(=O)C(C)C(N)c2ccccc2)C1. The molecular formula is C22H29N3O2. The van der Waals surface area contributed by atoms with E-state index in [1.807, 2.05) is 55.5 Å². The second kappa shape index (κ2) is 8.91. The van der Waals surface area contributed by atoms with Crippen LogP contribution in [-0.2, 0) is 4.79 Å². The minimum atomic E-state index is -0.292. The normalized spacial score (nSPS) is 18.8. The van der Waals surface area contributed by atoms with Gasteiger partial charge in [0.25, 0.3) is 0 Å². The van der Waals surface area contributed by atoms with Gasteiger partial charge in [-0.25, -0.2) is 0 Å². The van der Waals surface area contributed by atoms with Crippen LogP contribution in [0.1, 0.15) is 24.9 Å². The zero-order valence-corrected chi connectivity index (χ0v) is 16.1. The number of benzene rings is 2. The van der Waals surface area contributed by atoms with Crippen LogP contribution in [0.5, 0.6) is 5.75 Å². The van der Waals surface area contributed by atoms with E-state index in [2.05, 4.69) is 16.3 Å². The molecule has 1 saturated heterocycles. The van der Waals surface area contributed by atoms with Crippen molar-refractivity contribution in [1.82, 2.24) is 5.32 Å². The topological polar surface area (TPSA) is 67.6 Å². The largest absolute Gasteiger partial charge is 0.495 e. The molecule has 3 rings (SSSR count). The average Bonchev–Trinajstić information content (AvgIpc) is 3.20. The smallest absolute Gasteiger partial charge is 0.224 e. The average molecular weight is 367 g/mol. The number of carbonyl (C=O) groups is 1. The van der Waals surface area contributed by atoms with Crippen LogP contribution in [-0.4, -0.2) is 32.7 Å². The van der Waals surface area contributed by atoms with E-state index in [1.54, 1.807) is 7.11 Å². The maximum absolute atomic E-state index is 12.5. The van der Waals surface area contributed by atoms with E-state index in [9.17, 15) is 4.79 Å². The molecule has 2 aromatic carbocycles. The summed E-state index contributed by atoms with van der Waals surface area (Å²) >= 11 is 0. The predicted molar refractivity (Wildman–Crippen MR) is 109 cm³/mol. The summed E-state index contributed by atoms with van der Waals surface area (Å²) in [5.41, 5.74) is 8.38. The fourth-order valence-electron chi connectivity index (χ4n) is 3.64. The summed E-state index contributed by atoms with van der Waals surface area (Å²) in [5.74, 6) is 1.07. The Balaban J connectivity index is 1.51. The molecule has 27 heavy (non-hydrogen) atoms. The number of nitrogens with two attached hydrogens (primary N) is 1. The van der Waals surface area contributed by atoms with Crippen LogP contribution >= 0.6 is 0 Å². The van der Waals surface area contributed by atoms with Gasteiger partial charge in [0.2, 0.25) is 5.91 Å². The van der Waals surface area contributed by atoms with Gasteiger partial charge in [-0.05, 0) is 30.0 Å². The fourth-order valence-corrected chi connectivity index (χ4v) is 3.64. The lowest BCUT2D eigenvalue weighted by Crippen LogP contribution is -2.38. The molecule has 0 aliphatic carbocycles. The molecule has 3 atom stereocenters. The Morgan fingerprint density at radius 3 is 2.67 bits per heavy atom. The van der Waals surface area contributed by atoms with Gasteiger partial charge in [0.1, 0.15) is 5.75 Å². The third-order valence-corrected chi connectivity index (χ3v) is 5.41. The highest BCUT2D eigenvalue weighted by Crippen LogP contribution is 2.31. The second-order valence-electron chi connectivity index (χ2n) is 7.24. The van der Waals surface area contributed by atoms with Gasteiger partial charge in [0.15, 0.2) is 0 Å². The molecule has 3 unspecified atom stereocenters. The lowest BCUT2D eigenvalue weighted by molar-refractivity contribution is -0.125. The van der Waals surface area contributed by atoms with E-state index >= 15 is 0 Å². The van der Waals surface area contributed by atoms with Crippen LogP contribution in [0.4, 0.5) is 5.69 Å². The summed E-state index contributed by atoms with van der Waals surface area (Å²) in [6.45, 7) is 4.46. The molecule has 3 N–H and O–H groups in total. The van der Waals surface area contributed by atoms with Gasteiger partial charge in [-0.3, -0.25) is 4.79 Å². The van der Waals surface area contributed by atoms with Gasteiger partial charge < -0.3 is 20.7 Å². The maximum atomic E-state index is 12.5. The number of anilines is 1. The van der Waals surface area contributed by atoms with E-state index in [1.165, 1.54) is 0 Å². The van der Waals surface area contributed by atoms with Crippen molar-refractivity contribution in [3.05, 3.63) is 60.2 Å².